The maximum absolute atomic E-state index is 11.8. The van der Waals surface area contributed by atoms with Gasteiger partial charge in [0.05, 0.1) is 11.7 Å². The molecule has 0 bridgehead atoms. The summed E-state index contributed by atoms with van der Waals surface area (Å²) >= 11 is 0. The van der Waals surface area contributed by atoms with Crippen molar-refractivity contribution in [3.05, 3.63) is 17.0 Å². The van der Waals surface area contributed by atoms with Gasteiger partial charge >= 0.3 is 0 Å². The first-order chi connectivity index (χ1) is 9.38. The lowest BCUT2D eigenvalue weighted by molar-refractivity contribution is -0.123. The second-order valence-corrected chi connectivity index (χ2v) is 5.58. The number of rotatable bonds is 7. The predicted molar refractivity (Wildman–Crippen MR) is 88.7 cm³/mol. The molecule has 0 aliphatic heterocycles. The summed E-state index contributed by atoms with van der Waals surface area (Å²) in [6, 6.07) is -0.401. The minimum Gasteiger partial charge on any atom is -0.355 e. The van der Waals surface area contributed by atoms with Crippen LogP contribution in [-0.2, 0) is 18.3 Å². The van der Waals surface area contributed by atoms with Gasteiger partial charge in [0.1, 0.15) is 0 Å². The van der Waals surface area contributed by atoms with Gasteiger partial charge in [0, 0.05) is 19.3 Å². The molecule has 6 heteroatoms. The molecule has 2 atom stereocenters. The van der Waals surface area contributed by atoms with E-state index >= 15 is 0 Å². The number of hydrogen-bond donors (Lipinski definition) is 2. The third-order valence-electron chi connectivity index (χ3n) is 4.12. The van der Waals surface area contributed by atoms with E-state index in [0.29, 0.717) is 6.54 Å². The summed E-state index contributed by atoms with van der Waals surface area (Å²) in [4.78, 5) is 11.8. The standard InChI is InChI=1S/C15H28N4O.ClH/c1-6-10(2)14(16)15(20)17-9-7-8-13-11(3)18-19(5)12(13)4;/h10,14H,6-9,16H2,1-5H3,(H,17,20);1H. The van der Waals surface area contributed by atoms with E-state index < -0.39 is 6.04 Å². The highest BCUT2D eigenvalue weighted by molar-refractivity contribution is 5.85. The summed E-state index contributed by atoms with van der Waals surface area (Å²) in [5.74, 6) is 0.178. The molecule has 5 nitrogen and oxygen atoms in total. The van der Waals surface area contributed by atoms with Gasteiger partial charge in [0.15, 0.2) is 0 Å². The lowest BCUT2D eigenvalue weighted by atomic mass is 9.99. The molecule has 1 heterocycles. The number of hydrogen-bond acceptors (Lipinski definition) is 3. The van der Waals surface area contributed by atoms with Gasteiger partial charge in [-0.05, 0) is 38.2 Å². The molecule has 1 aromatic rings. The van der Waals surface area contributed by atoms with Crippen molar-refractivity contribution in [3.63, 3.8) is 0 Å². The number of nitrogens with one attached hydrogen (secondary N) is 1. The van der Waals surface area contributed by atoms with E-state index in [0.717, 1.165) is 25.0 Å². The number of carbonyl (C=O) groups is 1. The molecule has 2 unspecified atom stereocenters. The van der Waals surface area contributed by atoms with Crippen molar-refractivity contribution >= 4 is 18.3 Å². The molecule has 3 N–H and O–H groups in total. The zero-order valence-corrected chi connectivity index (χ0v) is 14.6. The normalized spacial score (nSPS) is 13.4. The van der Waals surface area contributed by atoms with Crippen molar-refractivity contribution < 1.29 is 4.79 Å². The molecule has 0 radical (unpaired) electrons. The molecule has 0 saturated carbocycles. The molecule has 1 amide bonds. The lowest BCUT2D eigenvalue weighted by Gasteiger charge is -2.17. The summed E-state index contributed by atoms with van der Waals surface area (Å²) in [6.07, 6.45) is 2.76. The van der Waals surface area contributed by atoms with Crippen LogP contribution in [-0.4, -0.2) is 28.3 Å². The van der Waals surface area contributed by atoms with E-state index in [1.165, 1.54) is 11.3 Å². The van der Waals surface area contributed by atoms with Crippen molar-refractivity contribution in [1.82, 2.24) is 15.1 Å². The topological polar surface area (TPSA) is 72.9 Å². The summed E-state index contributed by atoms with van der Waals surface area (Å²) < 4.78 is 1.90. The Kier molecular flexibility index (Phi) is 8.59. The predicted octanol–water partition coefficient (Wildman–Crippen LogP) is 1.88. The first kappa shape index (κ1) is 19.9. The van der Waals surface area contributed by atoms with Crippen molar-refractivity contribution in [2.24, 2.45) is 18.7 Å². The lowest BCUT2D eigenvalue weighted by Crippen LogP contribution is -2.44. The Bertz CT molecular complexity index is 459. The Hall–Kier alpha value is -1.07. The maximum atomic E-state index is 11.8. The molecule has 0 saturated heterocycles. The van der Waals surface area contributed by atoms with Crippen molar-refractivity contribution in [2.75, 3.05) is 6.54 Å². The second kappa shape index (κ2) is 9.05. The van der Waals surface area contributed by atoms with Crippen LogP contribution in [0.15, 0.2) is 0 Å². The molecule has 0 aliphatic carbocycles. The number of carbonyl (C=O) groups excluding carboxylic acids is 1. The van der Waals surface area contributed by atoms with Gasteiger partial charge in [0.25, 0.3) is 0 Å². The van der Waals surface area contributed by atoms with Crippen LogP contribution in [0.1, 0.15) is 43.6 Å². The highest BCUT2D eigenvalue weighted by atomic mass is 35.5. The molecule has 122 valence electrons. The van der Waals surface area contributed by atoms with E-state index in [1.807, 2.05) is 32.5 Å². The third kappa shape index (κ3) is 5.32. The summed E-state index contributed by atoms with van der Waals surface area (Å²) in [5, 5.41) is 7.32. The third-order valence-corrected chi connectivity index (χ3v) is 4.12. The summed E-state index contributed by atoms with van der Waals surface area (Å²) in [7, 11) is 1.96. The van der Waals surface area contributed by atoms with Gasteiger partial charge in [-0.15, -0.1) is 12.4 Å². The number of aryl methyl sites for hydroxylation is 2. The fourth-order valence-corrected chi connectivity index (χ4v) is 2.29. The maximum Gasteiger partial charge on any atom is 0.237 e. The Labute approximate surface area is 134 Å². The van der Waals surface area contributed by atoms with Crippen molar-refractivity contribution in [2.45, 2.75) is 53.0 Å². The summed E-state index contributed by atoms with van der Waals surface area (Å²) in [6.45, 7) is 8.82. The number of amides is 1. The SMILES string of the molecule is CCC(C)C(N)C(=O)NCCCc1c(C)nn(C)c1C.Cl. The van der Waals surface area contributed by atoms with Gasteiger partial charge in [-0.3, -0.25) is 9.48 Å². The first-order valence-corrected chi connectivity index (χ1v) is 7.40. The molecular formula is C15H29ClN4O. The fourth-order valence-electron chi connectivity index (χ4n) is 2.29. The Morgan fingerprint density at radius 2 is 2.05 bits per heavy atom. The Morgan fingerprint density at radius 3 is 2.52 bits per heavy atom. The largest absolute Gasteiger partial charge is 0.355 e. The number of nitrogens with zero attached hydrogens (tertiary/aromatic N) is 2. The van der Waals surface area contributed by atoms with Crippen LogP contribution in [0.2, 0.25) is 0 Å². The molecule has 1 aromatic heterocycles. The van der Waals surface area contributed by atoms with Gasteiger partial charge in [0.2, 0.25) is 5.91 Å². The zero-order chi connectivity index (χ0) is 15.3. The van der Waals surface area contributed by atoms with Crippen molar-refractivity contribution in [3.8, 4) is 0 Å². The smallest absolute Gasteiger partial charge is 0.237 e. The molecular weight excluding hydrogens is 288 g/mol. The van der Waals surface area contributed by atoms with Gasteiger partial charge in [-0.25, -0.2) is 0 Å². The quantitative estimate of drug-likeness (QED) is 0.754. The monoisotopic (exact) mass is 316 g/mol. The van der Waals surface area contributed by atoms with Crippen LogP contribution in [0, 0.1) is 19.8 Å². The van der Waals surface area contributed by atoms with E-state index in [4.69, 9.17) is 5.73 Å². The van der Waals surface area contributed by atoms with Gasteiger partial charge in [-0.2, -0.15) is 5.10 Å². The van der Waals surface area contributed by atoms with Crippen LogP contribution in [0.4, 0.5) is 0 Å². The number of halogens is 1. The fraction of sp³-hybridized carbons (Fsp3) is 0.733. The summed E-state index contributed by atoms with van der Waals surface area (Å²) in [5.41, 5.74) is 9.45. The average Bonchev–Trinajstić information content (AvgIpc) is 2.67. The molecule has 21 heavy (non-hydrogen) atoms. The number of nitrogens with two attached hydrogens (primary N) is 1. The van der Waals surface area contributed by atoms with E-state index in [1.54, 1.807) is 0 Å². The molecule has 0 spiro atoms. The Balaban J connectivity index is 0.00000400. The van der Waals surface area contributed by atoms with Gasteiger partial charge < -0.3 is 11.1 Å². The Morgan fingerprint density at radius 1 is 1.43 bits per heavy atom. The van der Waals surface area contributed by atoms with E-state index in [-0.39, 0.29) is 24.2 Å². The van der Waals surface area contributed by atoms with E-state index in [2.05, 4.69) is 17.3 Å². The minimum atomic E-state index is -0.401. The first-order valence-electron chi connectivity index (χ1n) is 7.40. The molecule has 0 fully saturated rings. The van der Waals surface area contributed by atoms with Crippen molar-refractivity contribution in [1.29, 1.82) is 0 Å². The van der Waals surface area contributed by atoms with Crippen LogP contribution in [0.25, 0.3) is 0 Å². The zero-order valence-electron chi connectivity index (χ0n) is 13.8. The molecule has 1 rings (SSSR count). The average molecular weight is 317 g/mol. The highest BCUT2D eigenvalue weighted by Gasteiger charge is 2.18. The second-order valence-electron chi connectivity index (χ2n) is 5.58. The molecule has 0 aliphatic rings. The number of aromatic nitrogens is 2. The van der Waals surface area contributed by atoms with Crippen LogP contribution >= 0.6 is 12.4 Å². The minimum absolute atomic E-state index is 0. The molecule has 0 aromatic carbocycles. The highest BCUT2D eigenvalue weighted by Crippen LogP contribution is 2.13. The van der Waals surface area contributed by atoms with Crippen LogP contribution in [0.5, 0.6) is 0 Å². The van der Waals surface area contributed by atoms with E-state index in [9.17, 15) is 4.79 Å². The van der Waals surface area contributed by atoms with Crippen LogP contribution < -0.4 is 11.1 Å². The van der Waals surface area contributed by atoms with Crippen LogP contribution in [0.3, 0.4) is 0 Å². The van der Waals surface area contributed by atoms with Gasteiger partial charge in [-0.1, -0.05) is 20.3 Å².